The first-order chi connectivity index (χ1) is 9.22. The van der Waals surface area contributed by atoms with Gasteiger partial charge in [0.2, 0.25) is 6.41 Å². The number of benzene rings is 1. The van der Waals surface area contributed by atoms with E-state index in [4.69, 9.17) is 11.6 Å². The molecular formula is C13H16ClN3O2. The summed E-state index contributed by atoms with van der Waals surface area (Å²) in [7, 11) is 0. The lowest BCUT2D eigenvalue weighted by Crippen LogP contribution is -2.33. The molecule has 0 fully saturated rings. The summed E-state index contributed by atoms with van der Waals surface area (Å²) >= 11 is 5.83. The minimum Gasteiger partial charge on any atom is -0.359 e. The highest BCUT2D eigenvalue weighted by Gasteiger charge is 1.95. The summed E-state index contributed by atoms with van der Waals surface area (Å²) < 4.78 is 0. The van der Waals surface area contributed by atoms with Gasteiger partial charge in [-0.3, -0.25) is 4.79 Å². The molecule has 1 aromatic rings. The largest absolute Gasteiger partial charge is 0.359 e. The molecule has 0 saturated heterocycles. The zero-order chi connectivity index (χ0) is 13.9. The van der Waals surface area contributed by atoms with Gasteiger partial charge in [0.05, 0.1) is 0 Å². The smallest absolute Gasteiger partial charge is 0.318 e. The van der Waals surface area contributed by atoms with Gasteiger partial charge in [-0.1, -0.05) is 23.7 Å². The standard InChI is InChI=1S/C13H16ClN3O2/c14-12-4-1-3-11(9-12)5-8-17-13(19)16-7-2-6-15-10-18/h1,3-5,8-10H,2,6-7H2,(H,15,18)(H2,16,17,19)/b8-5+. The molecule has 5 nitrogen and oxygen atoms in total. The number of carbonyl (C=O) groups excluding carboxylic acids is 2. The maximum atomic E-state index is 11.3. The van der Waals surface area contributed by atoms with Crippen LogP contribution in [0.1, 0.15) is 12.0 Å². The molecule has 102 valence electrons. The maximum Gasteiger partial charge on any atom is 0.318 e. The summed E-state index contributed by atoms with van der Waals surface area (Å²) in [5.74, 6) is 0. The third kappa shape index (κ3) is 7.10. The minimum atomic E-state index is -0.288. The average Bonchev–Trinajstić information content (AvgIpc) is 2.38. The van der Waals surface area contributed by atoms with Crippen LogP contribution in [0.4, 0.5) is 4.79 Å². The third-order valence-corrected chi connectivity index (χ3v) is 2.44. The Balaban J connectivity index is 2.20. The Bertz CT molecular complexity index is 449. The lowest BCUT2D eigenvalue weighted by molar-refractivity contribution is -0.109. The second kappa shape index (κ2) is 8.99. The van der Waals surface area contributed by atoms with Crippen LogP contribution in [0, 0.1) is 0 Å². The molecule has 3 amide bonds. The van der Waals surface area contributed by atoms with E-state index in [1.54, 1.807) is 24.4 Å². The molecule has 1 aromatic carbocycles. The zero-order valence-corrected chi connectivity index (χ0v) is 11.1. The predicted molar refractivity (Wildman–Crippen MR) is 75.7 cm³/mol. The molecule has 3 N–H and O–H groups in total. The number of rotatable bonds is 7. The van der Waals surface area contributed by atoms with Gasteiger partial charge in [0.25, 0.3) is 0 Å². The summed E-state index contributed by atoms with van der Waals surface area (Å²) in [6.45, 7) is 1.04. The van der Waals surface area contributed by atoms with Crippen molar-refractivity contribution in [1.82, 2.24) is 16.0 Å². The average molecular weight is 282 g/mol. The van der Waals surface area contributed by atoms with Crippen molar-refractivity contribution in [2.24, 2.45) is 0 Å². The van der Waals surface area contributed by atoms with Gasteiger partial charge in [-0.15, -0.1) is 0 Å². The Labute approximate surface area is 117 Å². The van der Waals surface area contributed by atoms with Crippen LogP contribution < -0.4 is 16.0 Å². The molecule has 0 unspecified atom stereocenters. The molecule has 6 heteroatoms. The Morgan fingerprint density at radius 2 is 2.16 bits per heavy atom. The number of hydrogen-bond acceptors (Lipinski definition) is 2. The fourth-order valence-electron chi connectivity index (χ4n) is 1.33. The second-order valence-corrected chi connectivity index (χ2v) is 4.15. The van der Waals surface area contributed by atoms with E-state index in [1.807, 2.05) is 12.1 Å². The molecule has 0 aliphatic heterocycles. The number of nitrogens with one attached hydrogen (secondary N) is 3. The Kier molecular flexibility index (Phi) is 7.12. The van der Waals surface area contributed by atoms with E-state index in [0.717, 1.165) is 5.56 Å². The first-order valence-corrected chi connectivity index (χ1v) is 6.23. The van der Waals surface area contributed by atoms with E-state index in [1.165, 1.54) is 0 Å². The van der Waals surface area contributed by atoms with Crippen LogP contribution in [-0.4, -0.2) is 25.5 Å². The Morgan fingerprint density at radius 1 is 1.32 bits per heavy atom. The normalized spacial score (nSPS) is 10.2. The predicted octanol–water partition coefficient (Wildman–Crippen LogP) is 1.75. The van der Waals surface area contributed by atoms with Gasteiger partial charge in [-0.25, -0.2) is 4.79 Å². The monoisotopic (exact) mass is 281 g/mol. The van der Waals surface area contributed by atoms with Gasteiger partial charge < -0.3 is 16.0 Å². The summed E-state index contributed by atoms with van der Waals surface area (Å²) in [5, 5.41) is 8.39. The van der Waals surface area contributed by atoms with Gasteiger partial charge in [-0.2, -0.15) is 0 Å². The van der Waals surface area contributed by atoms with Crippen LogP contribution in [0.5, 0.6) is 0 Å². The van der Waals surface area contributed by atoms with Crippen molar-refractivity contribution in [2.75, 3.05) is 13.1 Å². The molecule has 0 heterocycles. The van der Waals surface area contributed by atoms with Crippen molar-refractivity contribution in [3.05, 3.63) is 41.1 Å². The van der Waals surface area contributed by atoms with Crippen molar-refractivity contribution in [3.8, 4) is 0 Å². The summed E-state index contributed by atoms with van der Waals surface area (Å²) in [6, 6.07) is 7.01. The van der Waals surface area contributed by atoms with E-state index in [9.17, 15) is 9.59 Å². The molecule has 1 rings (SSSR count). The van der Waals surface area contributed by atoms with Gasteiger partial charge in [0.1, 0.15) is 0 Å². The fraction of sp³-hybridized carbons (Fsp3) is 0.231. The molecule has 0 aromatic heterocycles. The molecule has 19 heavy (non-hydrogen) atoms. The van der Waals surface area contributed by atoms with E-state index < -0.39 is 0 Å². The lowest BCUT2D eigenvalue weighted by atomic mass is 10.2. The fourth-order valence-corrected chi connectivity index (χ4v) is 1.52. The number of urea groups is 1. The number of amides is 3. The molecule has 0 bridgehead atoms. The first-order valence-electron chi connectivity index (χ1n) is 5.86. The number of carbonyl (C=O) groups is 2. The van der Waals surface area contributed by atoms with Gasteiger partial charge in [-0.05, 0) is 30.2 Å². The van der Waals surface area contributed by atoms with Crippen LogP contribution in [0.15, 0.2) is 30.5 Å². The van der Waals surface area contributed by atoms with Crippen LogP contribution in [0.2, 0.25) is 5.02 Å². The van der Waals surface area contributed by atoms with Crippen LogP contribution in [0.25, 0.3) is 6.08 Å². The minimum absolute atomic E-state index is 0.288. The second-order valence-electron chi connectivity index (χ2n) is 3.71. The highest BCUT2D eigenvalue weighted by Crippen LogP contribution is 2.11. The van der Waals surface area contributed by atoms with Crippen LogP contribution in [0.3, 0.4) is 0 Å². The molecule has 0 atom stereocenters. The number of hydrogen-bond donors (Lipinski definition) is 3. The van der Waals surface area contributed by atoms with Gasteiger partial charge in [0.15, 0.2) is 0 Å². The quantitative estimate of drug-likeness (QED) is 0.526. The molecule has 0 aliphatic carbocycles. The summed E-state index contributed by atoms with van der Waals surface area (Å²) in [6.07, 6.45) is 4.61. The molecule has 0 spiro atoms. The summed E-state index contributed by atoms with van der Waals surface area (Å²) in [4.78, 5) is 21.3. The van der Waals surface area contributed by atoms with E-state index in [-0.39, 0.29) is 6.03 Å². The molecular weight excluding hydrogens is 266 g/mol. The van der Waals surface area contributed by atoms with Crippen molar-refractivity contribution >= 4 is 30.1 Å². The van der Waals surface area contributed by atoms with Crippen LogP contribution >= 0.6 is 11.6 Å². The molecule has 0 aliphatic rings. The topological polar surface area (TPSA) is 70.2 Å². The van der Waals surface area contributed by atoms with Gasteiger partial charge >= 0.3 is 6.03 Å². The first kappa shape index (κ1) is 15.0. The molecule has 0 radical (unpaired) electrons. The lowest BCUT2D eigenvalue weighted by Gasteiger charge is -2.03. The van der Waals surface area contributed by atoms with E-state index in [0.29, 0.717) is 30.9 Å². The van der Waals surface area contributed by atoms with E-state index >= 15 is 0 Å². The SMILES string of the molecule is O=CNCCCNC(=O)N/C=C/c1cccc(Cl)c1. The van der Waals surface area contributed by atoms with Crippen LogP contribution in [-0.2, 0) is 4.79 Å². The maximum absolute atomic E-state index is 11.3. The van der Waals surface area contributed by atoms with Crippen molar-refractivity contribution in [3.63, 3.8) is 0 Å². The molecule has 0 saturated carbocycles. The Hall–Kier alpha value is -2.01. The van der Waals surface area contributed by atoms with Crippen molar-refractivity contribution in [2.45, 2.75) is 6.42 Å². The highest BCUT2D eigenvalue weighted by atomic mass is 35.5. The van der Waals surface area contributed by atoms with Gasteiger partial charge in [0, 0.05) is 24.3 Å². The zero-order valence-electron chi connectivity index (χ0n) is 10.4. The Morgan fingerprint density at radius 3 is 2.89 bits per heavy atom. The highest BCUT2D eigenvalue weighted by molar-refractivity contribution is 6.30. The third-order valence-electron chi connectivity index (χ3n) is 2.21. The van der Waals surface area contributed by atoms with Crippen molar-refractivity contribution in [1.29, 1.82) is 0 Å². The van der Waals surface area contributed by atoms with E-state index in [2.05, 4.69) is 16.0 Å². The summed E-state index contributed by atoms with van der Waals surface area (Å²) in [5.41, 5.74) is 0.906. The number of halogens is 1. The van der Waals surface area contributed by atoms with Crippen molar-refractivity contribution < 1.29 is 9.59 Å².